The van der Waals surface area contributed by atoms with Crippen molar-refractivity contribution in [3.05, 3.63) is 81.7 Å². The number of aliphatic hydroxyl groups is 1. The van der Waals surface area contributed by atoms with Crippen LogP contribution in [0.5, 0.6) is 5.75 Å². The fourth-order valence-electron chi connectivity index (χ4n) is 4.78. The average molecular weight is 452 g/mol. The Hall–Kier alpha value is -3.00. The quantitative estimate of drug-likeness (QED) is 0.661. The predicted octanol–water partition coefficient (Wildman–Crippen LogP) is 2.73. The van der Waals surface area contributed by atoms with Gasteiger partial charge in [0.25, 0.3) is 11.7 Å². The summed E-state index contributed by atoms with van der Waals surface area (Å²) in [6.07, 6.45) is 6.65. The number of halogens is 1. The number of aromatic nitrogens is 1. The first kappa shape index (κ1) is 20.9. The number of carbonyl (C=O) groups is 2. The molecular formula is C24H22ClN3O4. The Balaban J connectivity index is 1.71. The summed E-state index contributed by atoms with van der Waals surface area (Å²) in [6, 6.07) is 6.22. The minimum absolute atomic E-state index is 0.124. The fourth-order valence-corrected chi connectivity index (χ4v) is 4.98. The van der Waals surface area contributed by atoms with Crippen molar-refractivity contribution in [1.82, 2.24) is 10.3 Å². The number of rotatable bonds is 3. The maximum atomic E-state index is 13.9. The van der Waals surface area contributed by atoms with E-state index in [9.17, 15) is 14.7 Å². The molecule has 4 N–H and O–H groups in total. The van der Waals surface area contributed by atoms with Crippen LogP contribution in [0.1, 0.15) is 47.7 Å². The summed E-state index contributed by atoms with van der Waals surface area (Å²) in [5.41, 5.74) is 6.36. The van der Waals surface area contributed by atoms with Crippen molar-refractivity contribution in [2.75, 3.05) is 0 Å². The van der Waals surface area contributed by atoms with Crippen LogP contribution in [0.4, 0.5) is 0 Å². The van der Waals surface area contributed by atoms with Crippen LogP contribution in [0, 0.1) is 0 Å². The molecule has 7 nitrogen and oxygen atoms in total. The summed E-state index contributed by atoms with van der Waals surface area (Å²) in [6.45, 7) is 4.06. The molecule has 1 aromatic heterocycles. The number of ether oxygens (including phenoxy) is 1. The van der Waals surface area contributed by atoms with Gasteiger partial charge in [-0.2, -0.15) is 0 Å². The van der Waals surface area contributed by atoms with Gasteiger partial charge >= 0.3 is 0 Å². The molecule has 164 valence electrons. The molecule has 1 aliphatic heterocycles. The van der Waals surface area contributed by atoms with Gasteiger partial charge in [0, 0.05) is 35.1 Å². The second-order valence-corrected chi connectivity index (χ2v) is 9.02. The summed E-state index contributed by atoms with van der Waals surface area (Å²) >= 11 is 6.17. The Morgan fingerprint density at radius 3 is 2.88 bits per heavy atom. The van der Waals surface area contributed by atoms with E-state index in [2.05, 4.69) is 10.3 Å². The molecule has 3 unspecified atom stereocenters. The standard InChI is InChI=1S/C24H22ClN3O4/c1-12(2)13-6-7-15-19(10-13)32-24(31)16-4-3-5-18(26)20(16)21(29)23(15,24)28-22(30)14-8-9-27-11-17(14)25/h3-4,6-12,18,31H,5,26H2,1-2H3,(H,28,30). The van der Waals surface area contributed by atoms with Gasteiger partial charge in [-0.25, -0.2) is 0 Å². The summed E-state index contributed by atoms with van der Waals surface area (Å²) in [5, 5.41) is 14.8. The first-order valence-electron chi connectivity index (χ1n) is 10.4. The first-order chi connectivity index (χ1) is 15.2. The molecule has 0 saturated carbocycles. The lowest BCUT2D eigenvalue weighted by atomic mass is 9.80. The van der Waals surface area contributed by atoms with Crippen molar-refractivity contribution in [2.24, 2.45) is 5.73 Å². The van der Waals surface area contributed by atoms with Crippen molar-refractivity contribution in [2.45, 2.75) is 43.6 Å². The van der Waals surface area contributed by atoms with E-state index in [0.717, 1.165) is 5.56 Å². The third kappa shape index (κ3) is 2.59. The first-order valence-corrected chi connectivity index (χ1v) is 10.8. The number of pyridine rings is 1. The monoisotopic (exact) mass is 451 g/mol. The van der Waals surface area contributed by atoms with Crippen LogP contribution in [-0.2, 0) is 10.3 Å². The smallest absolute Gasteiger partial charge is 0.270 e. The zero-order valence-corrected chi connectivity index (χ0v) is 18.3. The van der Waals surface area contributed by atoms with Crippen molar-refractivity contribution >= 4 is 23.3 Å². The van der Waals surface area contributed by atoms with Crippen molar-refractivity contribution in [3.8, 4) is 5.75 Å². The average Bonchev–Trinajstić information content (AvgIpc) is 3.11. The SMILES string of the molecule is CC(C)c1ccc2c(c1)OC1(O)C3=C(C(=O)C21NC(=O)c1ccncc1Cl)C(N)CC=C3. The lowest BCUT2D eigenvalue weighted by Gasteiger charge is -2.35. The predicted molar refractivity (Wildman–Crippen MR) is 118 cm³/mol. The van der Waals surface area contributed by atoms with E-state index in [1.807, 2.05) is 19.9 Å². The fraction of sp³-hybridized carbons (Fsp3) is 0.292. The number of ketones is 1. The van der Waals surface area contributed by atoms with Crippen LogP contribution in [0.3, 0.4) is 0 Å². The second kappa shape index (κ2) is 7.00. The third-order valence-electron chi connectivity index (χ3n) is 6.45. The Bertz CT molecular complexity index is 1240. The molecule has 0 spiro atoms. The number of nitrogens with one attached hydrogen (secondary N) is 1. The molecule has 1 aromatic carbocycles. The molecule has 8 heteroatoms. The molecule has 3 atom stereocenters. The highest BCUT2D eigenvalue weighted by atomic mass is 35.5. The van der Waals surface area contributed by atoms with Crippen LogP contribution in [-0.4, -0.2) is 33.6 Å². The molecule has 2 heterocycles. The molecule has 32 heavy (non-hydrogen) atoms. The van der Waals surface area contributed by atoms with E-state index < -0.39 is 29.1 Å². The number of Topliss-reactive ketones (excluding diaryl/α,β-unsaturated/α-hetero) is 1. The number of hydrogen-bond donors (Lipinski definition) is 3. The van der Waals surface area contributed by atoms with Crippen LogP contribution in [0.2, 0.25) is 5.02 Å². The molecule has 2 aliphatic carbocycles. The van der Waals surface area contributed by atoms with Gasteiger partial charge in [-0.15, -0.1) is 0 Å². The largest absolute Gasteiger partial charge is 0.454 e. The summed E-state index contributed by atoms with van der Waals surface area (Å²) in [5.74, 6) is -2.71. The summed E-state index contributed by atoms with van der Waals surface area (Å²) < 4.78 is 6.08. The highest BCUT2D eigenvalue weighted by Gasteiger charge is 2.72. The van der Waals surface area contributed by atoms with Gasteiger partial charge in [0.1, 0.15) is 5.75 Å². The molecular weight excluding hydrogens is 430 g/mol. The van der Waals surface area contributed by atoms with Gasteiger partial charge in [0.2, 0.25) is 5.54 Å². The molecule has 3 aliphatic rings. The van der Waals surface area contributed by atoms with Crippen molar-refractivity contribution in [1.29, 1.82) is 0 Å². The number of nitrogens with two attached hydrogens (primary N) is 1. The van der Waals surface area contributed by atoms with Crippen molar-refractivity contribution in [3.63, 3.8) is 0 Å². The minimum atomic E-state index is -2.14. The van der Waals surface area contributed by atoms with Crippen LogP contribution >= 0.6 is 11.6 Å². The zero-order chi connectivity index (χ0) is 22.8. The number of nitrogens with zero attached hydrogens (tertiary/aromatic N) is 1. The molecule has 1 amide bonds. The van der Waals surface area contributed by atoms with Crippen LogP contribution in [0.25, 0.3) is 0 Å². The molecule has 0 bridgehead atoms. The second-order valence-electron chi connectivity index (χ2n) is 8.62. The molecule has 0 fully saturated rings. The van der Waals surface area contributed by atoms with Gasteiger partial charge in [-0.3, -0.25) is 14.6 Å². The highest BCUT2D eigenvalue weighted by Crippen LogP contribution is 2.57. The van der Waals surface area contributed by atoms with Gasteiger partial charge in [-0.05, 0) is 30.0 Å². The normalized spacial score (nSPS) is 27.8. The molecule has 0 radical (unpaired) electrons. The highest BCUT2D eigenvalue weighted by molar-refractivity contribution is 6.33. The minimum Gasteiger partial charge on any atom is -0.454 e. The number of fused-ring (bicyclic) bond motifs is 4. The Morgan fingerprint density at radius 1 is 1.38 bits per heavy atom. The van der Waals surface area contributed by atoms with Crippen molar-refractivity contribution < 1.29 is 19.4 Å². The van der Waals surface area contributed by atoms with E-state index in [0.29, 0.717) is 17.7 Å². The maximum Gasteiger partial charge on any atom is 0.270 e. The van der Waals surface area contributed by atoms with E-state index in [-0.39, 0.29) is 27.7 Å². The lowest BCUT2D eigenvalue weighted by molar-refractivity contribution is -0.154. The summed E-state index contributed by atoms with van der Waals surface area (Å²) in [4.78, 5) is 31.1. The molecule has 5 rings (SSSR count). The third-order valence-corrected chi connectivity index (χ3v) is 6.75. The van der Waals surface area contributed by atoms with Gasteiger partial charge in [0.15, 0.2) is 5.78 Å². The Kier molecular flexibility index (Phi) is 4.57. The van der Waals surface area contributed by atoms with Gasteiger partial charge < -0.3 is 20.9 Å². The molecule has 2 aromatic rings. The van der Waals surface area contributed by atoms with Crippen LogP contribution in [0.15, 0.2) is 60.0 Å². The Morgan fingerprint density at radius 2 is 2.16 bits per heavy atom. The van der Waals surface area contributed by atoms with Gasteiger partial charge in [0.05, 0.1) is 10.6 Å². The number of amides is 1. The van der Waals surface area contributed by atoms with Gasteiger partial charge in [-0.1, -0.05) is 49.7 Å². The lowest BCUT2D eigenvalue weighted by Crippen LogP contribution is -2.63. The zero-order valence-electron chi connectivity index (χ0n) is 17.6. The molecule has 0 saturated heterocycles. The number of hydrogen-bond acceptors (Lipinski definition) is 6. The summed E-state index contributed by atoms with van der Waals surface area (Å²) in [7, 11) is 0. The Labute approximate surface area is 189 Å². The van der Waals surface area contributed by atoms with E-state index in [1.165, 1.54) is 18.5 Å². The number of benzene rings is 1. The van der Waals surface area contributed by atoms with E-state index in [1.54, 1.807) is 24.3 Å². The van der Waals surface area contributed by atoms with Crippen LogP contribution < -0.4 is 15.8 Å². The topological polar surface area (TPSA) is 115 Å². The van der Waals surface area contributed by atoms with E-state index in [4.69, 9.17) is 22.1 Å². The number of carbonyl (C=O) groups excluding carboxylic acids is 2. The van der Waals surface area contributed by atoms with E-state index >= 15 is 0 Å². The maximum absolute atomic E-state index is 13.9.